The van der Waals surface area contributed by atoms with Crippen molar-refractivity contribution >= 4 is 0 Å². The molecule has 5 heteroatoms. The van der Waals surface area contributed by atoms with Crippen LogP contribution in [-0.2, 0) is 0 Å². The van der Waals surface area contributed by atoms with Crippen LogP contribution in [0.2, 0.25) is 0 Å². The van der Waals surface area contributed by atoms with Crippen molar-refractivity contribution in [2.75, 3.05) is 21.3 Å². The Morgan fingerprint density at radius 3 is 1.77 bits per heavy atom. The van der Waals surface area contributed by atoms with Crippen molar-refractivity contribution in [1.82, 2.24) is 0 Å². The Labute approximate surface area is 128 Å². The van der Waals surface area contributed by atoms with Gasteiger partial charge in [0, 0.05) is 17.2 Å². The molecule has 2 rings (SSSR count). The summed E-state index contributed by atoms with van der Waals surface area (Å²) in [5, 5.41) is 19.2. The third-order valence-electron chi connectivity index (χ3n) is 2.98. The fourth-order valence-electron chi connectivity index (χ4n) is 1.84. The predicted molar refractivity (Wildman–Crippen MR) is 81.8 cm³/mol. The fraction of sp³-hybridized carbons (Fsp3) is 0.176. The van der Waals surface area contributed by atoms with Crippen LogP contribution in [0, 0.1) is 11.8 Å². The van der Waals surface area contributed by atoms with Gasteiger partial charge in [-0.3, -0.25) is 0 Å². The minimum Gasteiger partial charge on any atom is -0.504 e. The largest absolute Gasteiger partial charge is 0.504 e. The number of hydrogen-bond acceptors (Lipinski definition) is 5. The summed E-state index contributed by atoms with van der Waals surface area (Å²) in [5.74, 6) is 6.68. The summed E-state index contributed by atoms with van der Waals surface area (Å²) in [6, 6.07) is 8.20. The topological polar surface area (TPSA) is 68.2 Å². The van der Waals surface area contributed by atoms with Gasteiger partial charge in [0.1, 0.15) is 11.5 Å². The molecule has 0 unspecified atom stereocenters. The third kappa shape index (κ3) is 3.36. The van der Waals surface area contributed by atoms with E-state index < -0.39 is 0 Å². The lowest BCUT2D eigenvalue weighted by Gasteiger charge is -2.06. The number of ether oxygens (including phenoxy) is 3. The number of aromatic hydroxyl groups is 2. The van der Waals surface area contributed by atoms with E-state index in [1.807, 2.05) is 0 Å². The monoisotopic (exact) mass is 300 g/mol. The Bertz CT molecular complexity index is 718. The van der Waals surface area contributed by atoms with Gasteiger partial charge in [-0.25, -0.2) is 0 Å². The van der Waals surface area contributed by atoms with Crippen LogP contribution in [0.5, 0.6) is 28.7 Å². The maximum absolute atomic E-state index is 9.64. The summed E-state index contributed by atoms with van der Waals surface area (Å²) >= 11 is 0. The average molecular weight is 300 g/mol. The van der Waals surface area contributed by atoms with E-state index in [1.165, 1.54) is 13.2 Å². The lowest BCUT2D eigenvalue weighted by atomic mass is 10.1. The van der Waals surface area contributed by atoms with Gasteiger partial charge >= 0.3 is 0 Å². The Morgan fingerprint density at radius 1 is 0.727 bits per heavy atom. The molecule has 22 heavy (non-hydrogen) atoms. The van der Waals surface area contributed by atoms with E-state index in [-0.39, 0.29) is 17.2 Å². The first-order valence-electron chi connectivity index (χ1n) is 6.42. The maximum atomic E-state index is 9.64. The summed E-state index contributed by atoms with van der Waals surface area (Å²) in [6.07, 6.45) is 0. The number of methoxy groups -OCH3 is 3. The average Bonchev–Trinajstić information content (AvgIpc) is 2.55. The van der Waals surface area contributed by atoms with Crippen LogP contribution in [0.1, 0.15) is 11.1 Å². The van der Waals surface area contributed by atoms with Gasteiger partial charge in [-0.05, 0) is 24.3 Å². The second-order valence-corrected chi connectivity index (χ2v) is 4.40. The normalized spacial score (nSPS) is 9.59. The van der Waals surface area contributed by atoms with Crippen LogP contribution in [-0.4, -0.2) is 31.5 Å². The third-order valence-corrected chi connectivity index (χ3v) is 2.98. The van der Waals surface area contributed by atoms with E-state index in [0.29, 0.717) is 22.6 Å². The molecule has 5 nitrogen and oxygen atoms in total. The van der Waals surface area contributed by atoms with Gasteiger partial charge in [-0.2, -0.15) is 0 Å². The minimum absolute atomic E-state index is 0.160. The first kappa shape index (κ1) is 15.4. The van der Waals surface area contributed by atoms with E-state index in [2.05, 4.69) is 11.8 Å². The molecule has 2 aromatic carbocycles. The van der Waals surface area contributed by atoms with E-state index in [4.69, 9.17) is 14.2 Å². The second-order valence-electron chi connectivity index (χ2n) is 4.40. The van der Waals surface area contributed by atoms with Crippen LogP contribution >= 0.6 is 0 Å². The standard InChI is InChI=1S/C17H16O5/c1-20-13-6-11(7-14(10-13)21-2)4-5-12-8-15(18)17(19)16(9-12)22-3/h6-10,18-19H,1-3H3. The van der Waals surface area contributed by atoms with Crippen molar-refractivity contribution in [3.8, 4) is 40.6 Å². The molecule has 0 heterocycles. The molecule has 0 aromatic heterocycles. The predicted octanol–water partition coefficient (Wildman–Crippen LogP) is 2.52. The van der Waals surface area contributed by atoms with E-state index in [9.17, 15) is 10.2 Å². The Hall–Kier alpha value is -3.00. The van der Waals surface area contributed by atoms with Gasteiger partial charge in [-0.15, -0.1) is 0 Å². The molecule has 0 saturated heterocycles. The van der Waals surface area contributed by atoms with Crippen LogP contribution in [0.3, 0.4) is 0 Å². The summed E-state index contributed by atoms with van der Waals surface area (Å²) in [7, 11) is 4.53. The summed E-state index contributed by atoms with van der Waals surface area (Å²) in [5.41, 5.74) is 1.21. The van der Waals surface area contributed by atoms with Crippen molar-refractivity contribution in [3.63, 3.8) is 0 Å². The number of phenolic OH excluding ortho intramolecular Hbond substituents is 2. The highest BCUT2D eigenvalue weighted by molar-refractivity contribution is 5.57. The fourth-order valence-corrected chi connectivity index (χ4v) is 1.84. The first-order chi connectivity index (χ1) is 10.6. The molecule has 0 atom stereocenters. The van der Waals surface area contributed by atoms with Crippen molar-refractivity contribution in [3.05, 3.63) is 41.5 Å². The van der Waals surface area contributed by atoms with Crippen molar-refractivity contribution < 1.29 is 24.4 Å². The van der Waals surface area contributed by atoms with Crippen LogP contribution in [0.25, 0.3) is 0 Å². The Balaban J connectivity index is 2.40. The molecule has 0 bridgehead atoms. The zero-order valence-corrected chi connectivity index (χ0v) is 12.5. The van der Waals surface area contributed by atoms with Gasteiger partial charge in [0.2, 0.25) is 5.75 Å². The lowest BCUT2D eigenvalue weighted by Crippen LogP contribution is -1.89. The number of hydrogen-bond donors (Lipinski definition) is 2. The molecular formula is C17H16O5. The van der Waals surface area contributed by atoms with Gasteiger partial charge in [0.05, 0.1) is 21.3 Å². The summed E-state index contributed by atoms with van der Waals surface area (Å²) < 4.78 is 15.3. The van der Waals surface area contributed by atoms with Crippen molar-refractivity contribution in [2.45, 2.75) is 0 Å². The molecule has 2 N–H and O–H groups in total. The highest BCUT2D eigenvalue weighted by Gasteiger charge is 2.08. The SMILES string of the molecule is COc1cc(C#Cc2cc(O)c(O)c(OC)c2)cc(OC)c1. The van der Waals surface area contributed by atoms with Crippen LogP contribution in [0.4, 0.5) is 0 Å². The maximum Gasteiger partial charge on any atom is 0.200 e. The molecule has 2 aromatic rings. The van der Waals surface area contributed by atoms with Crippen LogP contribution < -0.4 is 14.2 Å². The van der Waals surface area contributed by atoms with Gasteiger partial charge < -0.3 is 24.4 Å². The molecule has 0 aliphatic heterocycles. The van der Waals surface area contributed by atoms with Gasteiger partial charge in [0.25, 0.3) is 0 Å². The molecule has 0 saturated carbocycles. The van der Waals surface area contributed by atoms with Crippen molar-refractivity contribution in [2.24, 2.45) is 0 Å². The minimum atomic E-state index is -0.309. The Morgan fingerprint density at radius 2 is 1.27 bits per heavy atom. The zero-order valence-electron chi connectivity index (χ0n) is 12.5. The summed E-state index contributed by atoms with van der Waals surface area (Å²) in [4.78, 5) is 0. The molecule has 0 aliphatic rings. The molecule has 0 amide bonds. The van der Waals surface area contributed by atoms with Crippen LogP contribution in [0.15, 0.2) is 30.3 Å². The quantitative estimate of drug-likeness (QED) is 0.673. The van der Waals surface area contributed by atoms with E-state index >= 15 is 0 Å². The second kappa shape index (κ2) is 6.64. The van der Waals surface area contributed by atoms with Crippen molar-refractivity contribution in [1.29, 1.82) is 0 Å². The number of benzene rings is 2. The Kier molecular flexibility index (Phi) is 4.64. The molecule has 0 spiro atoms. The highest BCUT2D eigenvalue weighted by Crippen LogP contribution is 2.36. The summed E-state index contributed by atoms with van der Waals surface area (Å²) in [6.45, 7) is 0. The zero-order chi connectivity index (χ0) is 16.1. The van der Waals surface area contributed by atoms with Gasteiger partial charge in [0.15, 0.2) is 11.5 Å². The number of phenols is 2. The van der Waals surface area contributed by atoms with E-state index in [0.717, 1.165) is 0 Å². The molecule has 0 aliphatic carbocycles. The van der Waals surface area contributed by atoms with Gasteiger partial charge in [-0.1, -0.05) is 11.8 Å². The first-order valence-corrected chi connectivity index (χ1v) is 6.42. The highest BCUT2D eigenvalue weighted by atomic mass is 16.5. The molecule has 114 valence electrons. The molecule has 0 radical (unpaired) electrons. The smallest absolute Gasteiger partial charge is 0.200 e. The van der Waals surface area contributed by atoms with E-state index in [1.54, 1.807) is 38.5 Å². The number of rotatable bonds is 3. The lowest BCUT2D eigenvalue weighted by molar-refractivity contribution is 0.351. The molecular weight excluding hydrogens is 284 g/mol. The molecule has 0 fully saturated rings.